The van der Waals surface area contributed by atoms with Crippen LogP contribution in [0.25, 0.3) is 10.9 Å². The number of hydrogen-bond acceptors (Lipinski definition) is 8. The van der Waals surface area contributed by atoms with Crippen molar-refractivity contribution in [1.29, 1.82) is 0 Å². The average Bonchev–Trinajstić information content (AvgIpc) is 3.64. The first kappa shape index (κ1) is 27.8. The molecule has 3 atom stereocenters. The van der Waals surface area contributed by atoms with Gasteiger partial charge in [-0.25, -0.2) is 14.4 Å². The molecular formula is C31H30ClFN4O4. The van der Waals surface area contributed by atoms with Crippen LogP contribution in [-0.4, -0.2) is 78.9 Å². The molecule has 6 rings (SSSR count). The molecule has 1 N–H and O–H groups in total. The Morgan fingerprint density at radius 1 is 1.15 bits per heavy atom. The number of benzene rings is 2. The van der Waals surface area contributed by atoms with E-state index in [-0.39, 0.29) is 35.4 Å². The van der Waals surface area contributed by atoms with Crippen LogP contribution in [-0.2, 0) is 25.4 Å². The number of rotatable bonds is 7. The van der Waals surface area contributed by atoms with Gasteiger partial charge in [0, 0.05) is 55.2 Å². The van der Waals surface area contributed by atoms with Gasteiger partial charge in [0.2, 0.25) is 0 Å². The number of aromatic nitrogens is 2. The molecule has 0 radical (unpaired) electrons. The molecule has 2 aromatic carbocycles. The molecule has 10 heteroatoms. The van der Waals surface area contributed by atoms with Crippen molar-refractivity contribution in [1.82, 2.24) is 14.9 Å². The van der Waals surface area contributed by atoms with Crippen molar-refractivity contribution in [3.63, 3.8) is 0 Å². The first-order valence-electron chi connectivity index (χ1n) is 13.8. The summed E-state index contributed by atoms with van der Waals surface area (Å²) in [5.41, 5.74) is 2.79. The van der Waals surface area contributed by atoms with E-state index in [1.54, 1.807) is 12.1 Å². The number of carbonyl (C=O) groups is 1. The smallest absolute Gasteiger partial charge is 0.159 e. The topological polar surface area (TPSA) is 85.8 Å². The van der Waals surface area contributed by atoms with Crippen molar-refractivity contribution in [2.75, 3.05) is 51.4 Å². The van der Waals surface area contributed by atoms with Crippen LogP contribution in [0, 0.1) is 23.6 Å². The molecule has 41 heavy (non-hydrogen) atoms. The van der Waals surface area contributed by atoms with Crippen LogP contribution < -0.4 is 5.32 Å². The Bertz CT molecular complexity index is 1520. The third-order valence-corrected chi connectivity index (χ3v) is 7.74. The lowest BCUT2D eigenvalue weighted by Gasteiger charge is -2.24. The molecule has 0 amide bonds. The van der Waals surface area contributed by atoms with Gasteiger partial charge in [0.15, 0.2) is 5.78 Å². The number of nitrogens with zero attached hydrogens (tertiary/aromatic N) is 3. The fourth-order valence-corrected chi connectivity index (χ4v) is 5.50. The minimum Gasteiger partial charge on any atom is -0.380 e. The summed E-state index contributed by atoms with van der Waals surface area (Å²) >= 11 is 5.97. The van der Waals surface area contributed by atoms with Crippen molar-refractivity contribution in [3.05, 3.63) is 70.8 Å². The van der Waals surface area contributed by atoms with E-state index >= 15 is 0 Å². The first-order chi connectivity index (χ1) is 20.0. The normalized spacial score (nSPS) is 22.5. The van der Waals surface area contributed by atoms with E-state index in [1.165, 1.54) is 18.5 Å². The Kier molecular flexibility index (Phi) is 8.56. The van der Waals surface area contributed by atoms with Gasteiger partial charge in [0.05, 0.1) is 42.6 Å². The number of allylic oxidation sites excluding steroid dienone is 1. The standard InChI is InChI=1S/C31H30ClFN4O4/c32-26-15-23(5-6-27(26)33)36-31-25-13-22(21(14-28(25)34-19-35-31)4-3-20-7-9-39-18-20)12-24(38)2-1-8-37-16-29-30(17-37)41-11-10-40-29/h1-2,5-6,13-15,19-20,29-30H,7-12,16-18H2,(H,34,35,36)/b2-1+/t20?,29-,30+. The number of carbonyl (C=O) groups excluding carboxylic acids is 1. The molecule has 1 unspecified atom stereocenters. The molecule has 0 spiro atoms. The van der Waals surface area contributed by atoms with Gasteiger partial charge in [0.25, 0.3) is 0 Å². The van der Waals surface area contributed by atoms with Crippen LogP contribution in [0.5, 0.6) is 0 Å². The maximum Gasteiger partial charge on any atom is 0.159 e. The van der Waals surface area contributed by atoms with Gasteiger partial charge >= 0.3 is 0 Å². The summed E-state index contributed by atoms with van der Waals surface area (Å²) in [6, 6.07) is 8.17. The lowest BCUT2D eigenvalue weighted by molar-refractivity contribution is -0.116. The van der Waals surface area contributed by atoms with Gasteiger partial charge < -0.3 is 19.5 Å². The summed E-state index contributed by atoms with van der Waals surface area (Å²) in [5, 5.41) is 3.92. The highest BCUT2D eigenvalue weighted by Gasteiger charge is 2.35. The molecule has 1 aromatic heterocycles. The van der Waals surface area contributed by atoms with Crippen LogP contribution in [0.1, 0.15) is 17.5 Å². The number of anilines is 2. The van der Waals surface area contributed by atoms with Crippen LogP contribution in [0.15, 0.2) is 48.8 Å². The average molecular weight is 577 g/mol. The second kappa shape index (κ2) is 12.6. The molecule has 3 aliphatic rings. The minimum atomic E-state index is -0.501. The summed E-state index contributed by atoms with van der Waals surface area (Å²) in [5.74, 6) is 6.74. The third kappa shape index (κ3) is 6.75. The number of nitrogens with one attached hydrogen (secondary N) is 1. The van der Waals surface area contributed by atoms with E-state index in [2.05, 4.69) is 32.0 Å². The number of fused-ring (bicyclic) bond motifs is 2. The molecule has 3 fully saturated rings. The summed E-state index contributed by atoms with van der Waals surface area (Å²) < 4.78 is 30.7. The summed E-state index contributed by atoms with van der Waals surface area (Å²) in [4.78, 5) is 24.2. The van der Waals surface area contributed by atoms with E-state index in [0.29, 0.717) is 55.4 Å². The van der Waals surface area contributed by atoms with Crippen molar-refractivity contribution in [2.45, 2.75) is 25.0 Å². The molecule has 0 saturated carbocycles. The van der Waals surface area contributed by atoms with Gasteiger partial charge in [-0.2, -0.15) is 0 Å². The van der Waals surface area contributed by atoms with Crippen LogP contribution in [0.3, 0.4) is 0 Å². The molecule has 0 bridgehead atoms. The molecular weight excluding hydrogens is 547 g/mol. The zero-order valence-electron chi connectivity index (χ0n) is 22.4. The van der Waals surface area contributed by atoms with Gasteiger partial charge in [-0.3, -0.25) is 9.69 Å². The van der Waals surface area contributed by atoms with E-state index < -0.39 is 5.82 Å². The number of halogens is 2. The highest BCUT2D eigenvalue weighted by molar-refractivity contribution is 6.31. The van der Waals surface area contributed by atoms with Crippen molar-refractivity contribution >= 4 is 39.8 Å². The Balaban J connectivity index is 1.23. The second-order valence-electron chi connectivity index (χ2n) is 10.4. The van der Waals surface area contributed by atoms with E-state index in [9.17, 15) is 9.18 Å². The predicted molar refractivity (Wildman–Crippen MR) is 154 cm³/mol. The molecule has 0 aliphatic carbocycles. The maximum absolute atomic E-state index is 13.7. The molecule has 3 aromatic rings. The second-order valence-corrected chi connectivity index (χ2v) is 10.8. The van der Waals surface area contributed by atoms with Crippen LogP contribution >= 0.6 is 11.6 Å². The van der Waals surface area contributed by atoms with Gasteiger partial charge in [-0.15, -0.1) is 0 Å². The number of hydrogen-bond donors (Lipinski definition) is 1. The quantitative estimate of drug-likeness (QED) is 0.329. The van der Waals surface area contributed by atoms with Crippen molar-refractivity contribution < 1.29 is 23.4 Å². The SMILES string of the molecule is O=C(/C=C/CN1C[C@@H]2OCCO[C@@H]2C1)Cc1cc2c(Nc3ccc(F)c(Cl)c3)ncnc2cc1C#CC1CCOC1. The van der Waals surface area contributed by atoms with Crippen molar-refractivity contribution in [2.24, 2.45) is 5.92 Å². The van der Waals surface area contributed by atoms with E-state index in [0.717, 1.165) is 30.6 Å². The summed E-state index contributed by atoms with van der Waals surface area (Å²) in [6.07, 6.45) is 6.26. The Hall–Kier alpha value is -3.39. The first-order valence-corrected chi connectivity index (χ1v) is 14.1. The lowest BCUT2D eigenvalue weighted by atomic mass is 9.98. The molecule has 8 nitrogen and oxygen atoms in total. The van der Waals surface area contributed by atoms with Gasteiger partial charge in [-0.1, -0.05) is 29.5 Å². The minimum absolute atomic E-state index is 0.00707. The zero-order chi connectivity index (χ0) is 28.2. The number of likely N-dealkylation sites (tertiary alicyclic amines) is 1. The summed E-state index contributed by atoms with van der Waals surface area (Å²) in [6.45, 7) is 4.84. The Labute approximate surface area is 242 Å². The van der Waals surface area contributed by atoms with Crippen LogP contribution in [0.2, 0.25) is 5.02 Å². The number of ketones is 1. The zero-order valence-corrected chi connectivity index (χ0v) is 23.2. The molecule has 4 heterocycles. The largest absolute Gasteiger partial charge is 0.380 e. The summed E-state index contributed by atoms with van der Waals surface area (Å²) in [7, 11) is 0. The third-order valence-electron chi connectivity index (χ3n) is 7.45. The predicted octanol–water partition coefficient (Wildman–Crippen LogP) is 4.32. The lowest BCUT2D eigenvalue weighted by Crippen LogP contribution is -2.36. The number of ether oxygens (including phenoxy) is 3. The fraction of sp³-hybridized carbons (Fsp3) is 0.387. The molecule has 212 valence electrons. The Morgan fingerprint density at radius 2 is 1.98 bits per heavy atom. The van der Waals surface area contributed by atoms with E-state index in [1.807, 2.05) is 18.2 Å². The highest BCUT2D eigenvalue weighted by atomic mass is 35.5. The molecule has 3 aliphatic heterocycles. The van der Waals surface area contributed by atoms with Gasteiger partial charge in [0.1, 0.15) is 18.0 Å². The van der Waals surface area contributed by atoms with Crippen LogP contribution in [0.4, 0.5) is 15.9 Å². The molecule has 3 saturated heterocycles. The highest BCUT2D eigenvalue weighted by Crippen LogP contribution is 2.28. The maximum atomic E-state index is 13.7. The van der Waals surface area contributed by atoms with E-state index in [4.69, 9.17) is 25.8 Å². The fourth-order valence-electron chi connectivity index (χ4n) is 5.32. The van der Waals surface area contributed by atoms with Crippen molar-refractivity contribution in [3.8, 4) is 11.8 Å². The monoisotopic (exact) mass is 576 g/mol. The Morgan fingerprint density at radius 3 is 2.73 bits per heavy atom. The van der Waals surface area contributed by atoms with Gasteiger partial charge in [-0.05, 0) is 48.4 Å².